The quantitative estimate of drug-likeness (QED) is 0.814. The Labute approximate surface area is 135 Å². The SMILES string of the molecule is C=C1NC(=O)N(Cc2ccc(C)cc2)c2nc(CO)[nH]c21.CC. The van der Waals surface area contributed by atoms with Crippen LogP contribution in [-0.2, 0) is 13.2 Å². The number of carbonyl (C=O) groups excluding carboxylic acids is 1. The van der Waals surface area contributed by atoms with Crippen molar-refractivity contribution in [1.82, 2.24) is 15.3 Å². The Bertz CT molecular complexity index is 704. The Hall–Kier alpha value is -2.60. The molecule has 2 heterocycles. The second-order valence-electron chi connectivity index (χ2n) is 5.02. The van der Waals surface area contributed by atoms with Gasteiger partial charge in [0.2, 0.25) is 0 Å². The summed E-state index contributed by atoms with van der Waals surface area (Å²) in [5.74, 6) is 0.903. The van der Waals surface area contributed by atoms with Gasteiger partial charge < -0.3 is 15.4 Å². The van der Waals surface area contributed by atoms with Gasteiger partial charge in [0.1, 0.15) is 18.1 Å². The van der Waals surface area contributed by atoms with Crippen LogP contribution in [0.1, 0.15) is 36.5 Å². The fourth-order valence-electron chi connectivity index (χ4n) is 2.27. The summed E-state index contributed by atoms with van der Waals surface area (Å²) in [6, 6.07) is 7.68. The average Bonchev–Trinajstić information content (AvgIpc) is 3.00. The third-order valence-corrected chi connectivity index (χ3v) is 3.41. The maximum Gasteiger partial charge on any atom is 0.327 e. The van der Waals surface area contributed by atoms with E-state index >= 15 is 0 Å². The van der Waals surface area contributed by atoms with E-state index in [1.165, 1.54) is 10.5 Å². The van der Waals surface area contributed by atoms with E-state index in [4.69, 9.17) is 0 Å². The largest absolute Gasteiger partial charge is 0.388 e. The molecule has 122 valence electrons. The Morgan fingerprint density at radius 1 is 1.26 bits per heavy atom. The highest BCUT2D eigenvalue weighted by Crippen LogP contribution is 2.28. The molecule has 0 radical (unpaired) electrons. The average molecular weight is 314 g/mol. The second-order valence-corrected chi connectivity index (χ2v) is 5.02. The Morgan fingerprint density at radius 3 is 2.52 bits per heavy atom. The van der Waals surface area contributed by atoms with Gasteiger partial charge >= 0.3 is 6.03 Å². The number of aliphatic hydroxyl groups excluding tert-OH is 1. The van der Waals surface area contributed by atoms with Crippen LogP contribution in [0, 0.1) is 6.92 Å². The van der Waals surface area contributed by atoms with Crippen LogP contribution in [0.5, 0.6) is 0 Å². The molecule has 6 heteroatoms. The Kier molecular flexibility index (Phi) is 5.18. The number of carbonyl (C=O) groups is 1. The molecule has 0 aliphatic carbocycles. The van der Waals surface area contributed by atoms with E-state index in [-0.39, 0.29) is 12.6 Å². The molecule has 1 aromatic carbocycles. The van der Waals surface area contributed by atoms with Crippen LogP contribution in [0.15, 0.2) is 30.8 Å². The number of urea groups is 1. The first-order valence-corrected chi connectivity index (χ1v) is 7.61. The number of benzene rings is 1. The number of hydrogen-bond acceptors (Lipinski definition) is 3. The number of rotatable bonds is 3. The van der Waals surface area contributed by atoms with Gasteiger partial charge in [-0.15, -0.1) is 0 Å². The molecule has 0 spiro atoms. The van der Waals surface area contributed by atoms with Crippen molar-refractivity contribution < 1.29 is 9.90 Å². The van der Waals surface area contributed by atoms with Crippen LogP contribution in [0.3, 0.4) is 0 Å². The lowest BCUT2D eigenvalue weighted by Crippen LogP contribution is -2.42. The molecule has 0 saturated heterocycles. The van der Waals surface area contributed by atoms with Gasteiger partial charge in [-0.2, -0.15) is 0 Å². The van der Waals surface area contributed by atoms with Crippen molar-refractivity contribution in [1.29, 1.82) is 0 Å². The van der Waals surface area contributed by atoms with Gasteiger partial charge in [0.25, 0.3) is 0 Å². The fraction of sp³-hybridized carbons (Fsp3) is 0.294. The Balaban J connectivity index is 0.000000924. The zero-order valence-corrected chi connectivity index (χ0v) is 13.7. The molecule has 0 atom stereocenters. The molecule has 6 nitrogen and oxygen atoms in total. The number of aryl methyl sites for hydroxylation is 1. The highest BCUT2D eigenvalue weighted by molar-refractivity contribution is 6.02. The molecule has 1 aromatic heterocycles. The van der Waals surface area contributed by atoms with Crippen molar-refractivity contribution in [3.63, 3.8) is 0 Å². The minimum atomic E-state index is -0.274. The second kappa shape index (κ2) is 7.11. The lowest BCUT2D eigenvalue weighted by Gasteiger charge is -2.27. The third-order valence-electron chi connectivity index (χ3n) is 3.41. The molecular formula is C17H22N4O2. The summed E-state index contributed by atoms with van der Waals surface area (Å²) < 4.78 is 0. The summed E-state index contributed by atoms with van der Waals surface area (Å²) in [6.45, 7) is 10.00. The molecule has 3 rings (SSSR count). The van der Waals surface area contributed by atoms with Crippen molar-refractivity contribution in [2.24, 2.45) is 0 Å². The molecule has 2 aromatic rings. The summed E-state index contributed by atoms with van der Waals surface area (Å²) >= 11 is 0. The first kappa shape index (κ1) is 16.8. The topological polar surface area (TPSA) is 81.2 Å². The van der Waals surface area contributed by atoms with E-state index in [1.54, 1.807) is 0 Å². The fourth-order valence-corrected chi connectivity index (χ4v) is 2.27. The minimum absolute atomic E-state index is 0.215. The molecule has 23 heavy (non-hydrogen) atoms. The number of aromatic amines is 1. The monoisotopic (exact) mass is 314 g/mol. The number of imidazole rings is 1. The van der Waals surface area contributed by atoms with E-state index in [0.717, 1.165) is 5.56 Å². The molecular weight excluding hydrogens is 292 g/mol. The van der Waals surface area contributed by atoms with Crippen LogP contribution in [0.25, 0.3) is 5.70 Å². The van der Waals surface area contributed by atoms with Crippen LogP contribution in [0.2, 0.25) is 0 Å². The van der Waals surface area contributed by atoms with Crippen molar-refractivity contribution >= 4 is 17.5 Å². The molecule has 0 bridgehead atoms. The zero-order valence-electron chi connectivity index (χ0n) is 13.7. The summed E-state index contributed by atoms with van der Waals surface area (Å²) in [6.07, 6.45) is 0. The zero-order chi connectivity index (χ0) is 17.0. The van der Waals surface area contributed by atoms with Crippen molar-refractivity contribution in [2.75, 3.05) is 4.90 Å². The van der Waals surface area contributed by atoms with Gasteiger partial charge in [-0.1, -0.05) is 50.3 Å². The summed E-state index contributed by atoms with van der Waals surface area (Å²) in [5.41, 5.74) is 3.26. The van der Waals surface area contributed by atoms with Gasteiger partial charge in [0.05, 0.1) is 12.2 Å². The molecule has 2 amide bonds. The molecule has 0 unspecified atom stereocenters. The highest BCUT2D eigenvalue weighted by Gasteiger charge is 2.29. The number of hydrogen-bond donors (Lipinski definition) is 3. The first-order chi connectivity index (χ1) is 11.1. The third kappa shape index (κ3) is 3.43. The number of H-pyrrole nitrogens is 1. The molecule has 3 N–H and O–H groups in total. The number of aliphatic hydroxyl groups is 1. The molecule has 0 saturated carbocycles. The standard InChI is InChI=1S/C15H16N4O2.C2H6/c1-9-3-5-11(6-4-9)7-19-14-13(10(2)16-15(19)21)17-12(8-20)18-14;1-2/h3-6,20H,2,7-8H2,1H3,(H,16,21)(H,17,18);1-2H3. The smallest absolute Gasteiger partial charge is 0.327 e. The lowest BCUT2D eigenvalue weighted by atomic mass is 10.1. The number of amides is 2. The molecule has 1 aliphatic rings. The van der Waals surface area contributed by atoms with E-state index in [9.17, 15) is 9.90 Å². The number of aromatic nitrogens is 2. The number of fused-ring (bicyclic) bond motifs is 1. The van der Waals surface area contributed by atoms with E-state index in [0.29, 0.717) is 29.6 Å². The van der Waals surface area contributed by atoms with E-state index < -0.39 is 0 Å². The maximum atomic E-state index is 12.2. The van der Waals surface area contributed by atoms with Gasteiger partial charge in [0.15, 0.2) is 5.82 Å². The predicted octanol–water partition coefficient (Wildman–Crippen LogP) is 2.94. The van der Waals surface area contributed by atoms with Gasteiger partial charge in [0, 0.05) is 0 Å². The number of nitrogens with one attached hydrogen (secondary N) is 2. The number of nitrogens with zero attached hydrogens (tertiary/aromatic N) is 2. The summed E-state index contributed by atoms with van der Waals surface area (Å²) in [7, 11) is 0. The maximum absolute atomic E-state index is 12.2. The lowest BCUT2D eigenvalue weighted by molar-refractivity contribution is 0.249. The van der Waals surface area contributed by atoms with Crippen molar-refractivity contribution in [2.45, 2.75) is 33.9 Å². The summed E-state index contributed by atoms with van der Waals surface area (Å²) in [4.78, 5) is 20.9. The minimum Gasteiger partial charge on any atom is -0.388 e. The first-order valence-electron chi connectivity index (χ1n) is 7.61. The van der Waals surface area contributed by atoms with Crippen LogP contribution >= 0.6 is 0 Å². The highest BCUT2D eigenvalue weighted by atomic mass is 16.3. The predicted molar refractivity (Wildman–Crippen MR) is 90.8 cm³/mol. The molecule has 0 fully saturated rings. The summed E-state index contributed by atoms with van der Waals surface area (Å²) in [5, 5.41) is 11.9. The van der Waals surface area contributed by atoms with Crippen LogP contribution < -0.4 is 10.2 Å². The van der Waals surface area contributed by atoms with E-state index in [1.807, 2.05) is 45.0 Å². The number of anilines is 1. The van der Waals surface area contributed by atoms with Crippen molar-refractivity contribution in [3.8, 4) is 0 Å². The molecule has 1 aliphatic heterocycles. The van der Waals surface area contributed by atoms with Gasteiger partial charge in [-0.25, -0.2) is 9.78 Å². The van der Waals surface area contributed by atoms with Crippen LogP contribution in [0.4, 0.5) is 10.6 Å². The normalized spacial score (nSPS) is 13.1. The Morgan fingerprint density at radius 2 is 1.91 bits per heavy atom. The van der Waals surface area contributed by atoms with Gasteiger partial charge in [-0.3, -0.25) is 4.90 Å². The van der Waals surface area contributed by atoms with Gasteiger partial charge in [-0.05, 0) is 12.5 Å². The van der Waals surface area contributed by atoms with Crippen LogP contribution in [-0.4, -0.2) is 21.1 Å². The van der Waals surface area contributed by atoms with Crippen molar-refractivity contribution in [3.05, 3.63) is 53.5 Å². The van der Waals surface area contributed by atoms with E-state index in [2.05, 4.69) is 21.9 Å².